The van der Waals surface area contributed by atoms with E-state index < -0.39 is 0 Å². The molecule has 2 heterocycles. The molecule has 0 fully saturated rings. The Hall–Kier alpha value is -1.22. The van der Waals surface area contributed by atoms with Gasteiger partial charge >= 0.3 is 0 Å². The third-order valence-electron chi connectivity index (χ3n) is 1.80. The molecule has 0 atom stereocenters. The fourth-order valence-corrected chi connectivity index (χ4v) is 1.42. The molecule has 0 bridgehead atoms. The van der Waals surface area contributed by atoms with Gasteiger partial charge in [-0.15, -0.1) is 11.6 Å². The number of hydrogen-bond donors (Lipinski definition) is 1. The molecule has 0 aromatic carbocycles. The Bertz CT molecular complexity index is 457. The van der Waals surface area contributed by atoms with E-state index in [2.05, 4.69) is 4.98 Å². The Balaban J connectivity index is 2.92. The first-order valence-electron chi connectivity index (χ1n) is 3.56. The Kier molecular flexibility index (Phi) is 1.66. The quantitative estimate of drug-likeness (QED) is 0.665. The van der Waals surface area contributed by atoms with Crippen molar-refractivity contribution in [3.05, 3.63) is 40.6 Å². The Morgan fingerprint density at radius 2 is 2.42 bits per heavy atom. The van der Waals surface area contributed by atoms with Crippen LogP contribution in [0.4, 0.5) is 0 Å². The second-order valence-electron chi connectivity index (χ2n) is 2.51. The van der Waals surface area contributed by atoms with Gasteiger partial charge in [0.15, 0.2) is 0 Å². The summed E-state index contributed by atoms with van der Waals surface area (Å²) in [5, 5.41) is 0. The van der Waals surface area contributed by atoms with E-state index in [1.807, 2.05) is 12.3 Å². The average molecular weight is 183 g/mol. The van der Waals surface area contributed by atoms with Crippen molar-refractivity contribution in [3.63, 3.8) is 0 Å². The molecule has 3 nitrogen and oxygen atoms in total. The predicted octanol–water partition coefficient (Wildman–Crippen LogP) is 1.37. The van der Waals surface area contributed by atoms with Crippen LogP contribution in [-0.2, 0) is 5.88 Å². The van der Waals surface area contributed by atoms with Gasteiger partial charge in [-0.2, -0.15) is 0 Å². The van der Waals surface area contributed by atoms with Crippen LogP contribution in [0, 0.1) is 0 Å². The molecule has 0 saturated carbocycles. The van der Waals surface area contributed by atoms with E-state index in [9.17, 15) is 4.79 Å². The van der Waals surface area contributed by atoms with E-state index in [0.29, 0.717) is 11.4 Å². The number of rotatable bonds is 1. The molecule has 2 aromatic heterocycles. The third kappa shape index (κ3) is 0.940. The summed E-state index contributed by atoms with van der Waals surface area (Å²) >= 11 is 5.67. The van der Waals surface area contributed by atoms with E-state index in [4.69, 9.17) is 11.6 Å². The summed E-state index contributed by atoms with van der Waals surface area (Å²) in [6.07, 6.45) is 3.45. The number of halogens is 1. The van der Waals surface area contributed by atoms with Crippen LogP contribution in [0.5, 0.6) is 0 Å². The molecular formula is C8H7ClN2O. The van der Waals surface area contributed by atoms with Gasteiger partial charge in [0.25, 0.3) is 5.56 Å². The number of hydrogen-bond acceptors (Lipinski definition) is 1. The van der Waals surface area contributed by atoms with Crippen LogP contribution in [-0.4, -0.2) is 9.38 Å². The number of fused-ring (bicyclic) bond motifs is 1. The average Bonchev–Trinajstić information content (AvgIpc) is 2.54. The van der Waals surface area contributed by atoms with Gasteiger partial charge in [0.05, 0.1) is 11.6 Å². The number of nitrogens with zero attached hydrogens (tertiary/aromatic N) is 1. The summed E-state index contributed by atoms with van der Waals surface area (Å²) in [4.78, 5) is 13.8. The van der Waals surface area contributed by atoms with E-state index >= 15 is 0 Å². The predicted molar refractivity (Wildman–Crippen MR) is 47.6 cm³/mol. The van der Waals surface area contributed by atoms with E-state index in [1.54, 1.807) is 16.7 Å². The first kappa shape index (κ1) is 7.43. The highest BCUT2D eigenvalue weighted by atomic mass is 35.5. The summed E-state index contributed by atoms with van der Waals surface area (Å²) in [6.45, 7) is 0. The summed E-state index contributed by atoms with van der Waals surface area (Å²) in [6, 6.07) is 3.58. The smallest absolute Gasteiger partial charge is 0.272 e. The minimum absolute atomic E-state index is 0.0890. The first-order chi connectivity index (χ1) is 5.83. The zero-order valence-corrected chi connectivity index (χ0v) is 7.01. The van der Waals surface area contributed by atoms with Crippen molar-refractivity contribution >= 4 is 17.1 Å². The molecule has 0 amide bonds. The van der Waals surface area contributed by atoms with Gasteiger partial charge < -0.3 is 9.38 Å². The molecule has 12 heavy (non-hydrogen) atoms. The fraction of sp³-hybridized carbons (Fsp3) is 0.125. The molecule has 0 unspecified atom stereocenters. The van der Waals surface area contributed by atoms with Crippen LogP contribution >= 0.6 is 11.6 Å². The number of nitrogens with one attached hydrogen (secondary N) is 1. The zero-order valence-electron chi connectivity index (χ0n) is 6.25. The maximum atomic E-state index is 11.2. The molecule has 0 radical (unpaired) electrons. The van der Waals surface area contributed by atoms with E-state index in [-0.39, 0.29) is 5.56 Å². The lowest BCUT2D eigenvalue weighted by Crippen LogP contribution is -2.10. The van der Waals surface area contributed by atoms with Crippen LogP contribution in [0.25, 0.3) is 5.52 Å². The van der Waals surface area contributed by atoms with Crippen molar-refractivity contribution < 1.29 is 0 Å². The van der Waals surface area contributed by atoms with Gasteiger partial charge in [-0.1, -0.05) is 0 Å². The molecule has 0 saturated heterocycles. The Morgan fingerprint density at radius 1 is 1.58 bits per heavy atom. The molecule has 2 aromatic rings. The summed E-state index contributed by atoms with van der Waals surface area (Å²) < 4.78 is 1.78. The molecular weight excluding hydrogens is 176 g/mol. The first-order valence-corrected chi connectivity index (χ1v) is 4.10. The van der Waals surface area contributed by atoms with Gasteiger partial charge in [-0.05, 0) is 12.1 Å². The maximum absolute atomic E-state index is 11.2. The highest BCUT2D eigenvalue weighted by molar-refractivity contribution is 6.16. The topological polar surface area (TPSA) is 37.3 Å². The lowest BCUT2D eigenvalue weighted by molar-refractivity contribution is 1.02. The van der Waals surface area contributed by atoms with Crippen molar-refractivity contribution in [2.75, 3.05) is 0 Å². The third-order valence-corrected chi connectivity index (χ3v) is 2.07. The normalized spacial score (nSPS) is 10.8. The molecule has 0 aliphatic heterocycles. The largest absolute Gasteiger partial charge is 0.325 e. The number of alkyl halides is 1. The molecule has 0 aliphatic carbocycles. The Morgan fingerprint density at radius 3 is 3.17 bits per heavy atom. The van der Waals surface area contributed by atoms with E-state index in [1.165, 1.54) is 0 Å². The van der Waals surface area contributed by atoms with Gasteiger partial charge in [-0.3, -0.25) is 4.79 Å². The lowest BCUT2D eigenvalue weighted by Gasteiger charge is -1.99. The van der Waals surface area contributed by atoms with Gasteiger partial charge in [0.2, 0.25) is 0 Å². The molecule has 62 valence electrons. The van der Waals surface area contributed by atoms with Crippen molar-refractivity contribution in [3.8, 4) is 0 Å². The SMILES string of the molecule is O=c1[nH]cc(CCl)n2cccc12. The lowest BCUT2D eigenvalue weighted by atomic mass is 10.4. The van der Waals surface area contributed by atoms with Gasteiger partial charge in [-0.25, -0.2) is 0 Å². The summed E-state index contributed by atoms with van der Waals surface area (Å²) in [5.74, 6) is 0.391. The van der Waals surface area contributed by atoms with Gasteiger partial charge in [0.1, 0.15) is 5.52 Å². The molecule has 0 aliphatic rings. The molecule has 0 spiro atoms. The monoisotopic (exact) mass is 182 g/mol. The molecule has 1 N–H and O–H groups in total. The Labute approximate surface area is 73.6 Å². The minimum Gasteiger partial charge on any atom is -0.325 e. The summed E-state index contributed by atoms with van der Waals surface area (Å²) in [7, 11) is 0. The van der Waals surface area contributed by atoms with Crippen molar-refractivity contribution in [1.29, 1.82) is 0 Å². The van der Waals surface area contributed by atoms with Crippen LogP contribution in [0.15, 0.2) is 29.3 Å². The number of H-pyrrole nitrogens is 1. The highest BCUT2D eigenvalue weighted by Crippen LogP contribution is 2.04. The van der Waals surface area contributed by atoms with Crippen LogP contribution in [0.2, 0.25) is 0 Å². The maximum Gasteiger partial charge on any atom is 0.272 e. The zero-order chi connectivity index (χ0) is 8.55. The highest BCUT2D eigenvalue weighted by Gasteiger charge is 2.00. The second-order valence-corrected chi connectivity index (χ2v) is 2.77. The minimum atomic E-state index is -0.0890. The molecule has 2 rings (SSSR count). The van der Waals surface area contributed by atoms with Crippen molar-refractivity contribution in [2.45, 2.75) is 5.88 Å². The van der Waals surface area contributed by atoms with Gasteiger partial charge in [0, 0.05) is 12.4 Å². The van der Waals surface area contributed by atoms with Crippen molar-refractivity contribution in [1.82, 2.24) is 9.38 Å². The van der Waals surface area contributed by atoms with Crippen LogP contribution in [0.1, 0.15) is 5.69 Å². The number of aromatic nitrogens is 2. The van der Waals surface area contributed by atoms with E-state index in [0.717, 1.165) is 5.69 Å². The standard InChI is InChI=1S/C8H7ClN2O/c9-4-6-5-10-8(12)7-2-1-3-11(6)7/h1-3,5H,4H2,(H,10,12). The summed E-state index contributed by atoms with van der Waals surface area (Å²) in [5.41, 5.74) is 1.43. The number of aromatic amines is 1. The van der Waals surface area contributed by atoms with Crippen LogP contribution < -0.4 is 5.56 Å². The van der Waals surface area contributed by atoms with Crippen molar-refractivity contribution in [2.24, 2.45) is 0 Å². The molecule has 4 heteroatoms. The fourth-order valence-electron chi connectivity index (χ4n) is 1.21. The van der Waals surface area contributed by atoms with Crippen LogP contribution in [0.3, 0.4) is 0 Å². The second kappa shape index (κ2) is 2.68.